The Kier molecular flexibility index (Phi) is 8.78. The number of ether oxygens (including phenoxy) is 1. The SMILES string of the molecule is CC(C)(C)c1ccc(C(O)CCC(OC(c2ccccc2)c2ccccc2)N2CCCCC2)cc1. The van der Waals surface area contributed by atoms with E-state index < -0.39 is 6.10 Å². The molecule has 3 heteroatoms. The van der Waals surface area contributed by atoms with Crippen molar-refractivity contribution in [3.63, 3.8) is 0 Å². The molecule has 0 bridgehead atoms. The molecule has 0 aromatic heterocycles. The number of rotatable bonds is 9. The molecule has 0 amide bonds. The van der Waals surface area contributed by atoms with Crippen molar-refractivity contribution in [1.29, 1.82) is 0 Å². The highest BCUT2D eigenvalue weighted by Crippen LogP contribution is 2.32. The molecule has 1 saturated heterocycles. The topological polar surface area (TPSA) is 32.7 Å². The molecule has 0 saturated carbocycles. The van der Waals surface area contributed by atoms with Crippen LogP contribution in [0.15, 0.2) is 84.9 Å². The summed E-state index contributed by atoms with van der Waals surface area (Å²) in [5.41, 5.74) is 4.72. The van der Waals surface area contributed by atoms with Crippen LogP contribution in [0.4, 0.5) is 0 Å². The normalized spacial score (nSPS) is 16.8. The van der Waals surface area contributed by atoms with Gasteiger partial charge in [-0.2, -0.15) is 0 Å². The van der Waals surface area contributed by atoms with Crippen LogP contribution >= 0.6 is 0 Å². The van der Waals surface area contributed by atoms with Gasteiger partial charge in [0.1, 0.15) is 12.3 Å². The minimum Gasteiger partial charge on any atom is -0.388 e. The highest BCUT2D eigenvalue weighted by Gasteiger charge is 2.27. The number of aliphatic hydroxyl groups is 1. The van der Waals surface area contributed by atoms with E-state index in [4.69, 9.17) is 4.74 Å². The van der Waals surface area contributed by atoms with Crippen molar-refractivity contribution in [1.82, 2.24) is 4.90 Å². The maximum atomic E-state index is 11.1. The molecule has 3 aromatic rings. The van der Waals surface area contributed by atoms with Gasteiger partial charge in [0, 0.05) is 13.1 Å². The van der Waals surface area contributed by atoms with Crippen molar-refractivity contribution in [2.75, 3.05) is 13.1 Å². The summed E-state index contributed by atoms with van der Waals surface area (Å²) >= 11 is 0. The van der Waals surface area contributed by atoms with Gasteiger partial charge in [-0.15, -0.1) is 0 Å². The molecule has 1 fully saturated rings. The fourth-order valence-corrected chi connectivity index (χ4v) is 4.98. The Morgan fingerprint density at radius 3 is 1.77 bits per heavy atom. The molecule has 1 N–H and O–H groups in total. The second kappa shape index (κ2) is 12.0. The van der Waals surface area contributed by atoms with Gasteiger partial charge >= 0.3 is 0 Å². The summed E-state index contributed by atoms with van der Waals surface area (Å²) in [4.78, 5) is 2.48. The van der Waals surface area contributed by atoms with Crippen LogP contribution in [0.3, 0.4) is 0 Å². The summed E-state index contributed by atoms with van der Waals surface area (Å²) in [6.07, 6.45) is 4.50. The lowest BCUT2D eigenvalue weighted by molar-refractivity contribution is -0.103. The van der Waals surface area contributed by atoms with Crippen LogP contribution in [0.1, 0.15) is 87.3 Å². The molecule has 3 aromatic carbocycles. The largest absolute Gasteiger partial charge is 0.388 e. The number of hydrogen-bond acceptors (Lipinski definition) is 3. The maximum absolute atomic E-state index is 11.1. The van der Waals surface area contributed by atoms with Crippen LogP contribution in [0.2, 0.25) is 0 Å². The van der Waals surface area contributed by atoms with E-state index in [0.717, 1.165) is 25.1 Å². The Morgan fingerprint density at radius 2 is 1.26 bits per heavy atom. The van der Waals surface area contributed by atoms with E-state index in [1.807, 2.05) is 0 Å². The van der Waals surface area contributed by atoms with Gasteiger partial charge in [-0.3, -0.25) is 4.90 Å². The van der Waals surface area contributed by atoms with Crippen molar-refractivity contribution >= 4 is 0 Å². The molecule has 1 heterocycles. The van der Waals surface area contributed by atoms with E-state index in [1.165, 1.54) is 36.0 Å². The van der Waals surface area contributed by atoms with Crippen LogP contribution in [-0.4, -0.2) is 29.3 Å². The molecular formula is C32H41NO2. The first-order valence-corrected chi connectivity index (χ1v) is 13.2. The van der Waals surface area contributed by atoms with E-state index in [2.05, 4.69) is 111 Å². The lowest BCUT2D eigenvalue weighted by Gasteiger charge is -2.37. The Balaban J connectivity index is 1.51. The van der Waals surface area contributed by atoms with Gasteiger partial charge in [0.2, 0.25) is 0 Å². The quantitative estimate of drug-likeness (QED) is 0.352. The summed E-state index contributed by atoms with van der Waals surface area (Å²) in [6, 6.07) is 29.5. The third-order valence-electron chi connectivity index (χ3n) is 7.14. The Morgan fingerprint density at radius 1 is 0.714 bits per heavy atom. The molecule has 2 unspecified atom stereocenters. The Bertz CT molecular complexity index is 965. The zero-order chi connectivity index (χ0) is 24.7. The van der Waals surface area contributed by atoms with Gasteiger partial charge in [-0.05, 0) is 53.4 Å². The number of nitrogens with zero attached hydrogens (tertiary/aromatic N) is 1. The first kappa shape index (κ1) is 25.6. The summed E-state index contributed by atoms with van der Waals surface area (Å²) in [7, 11) is 0. The van der Waals surface area contributed by atoms with Crippen molar-refractivity contribution in [2.45, 2.75) is 76.7 Å². The Hall–Kier alpha value is -2.46. The van der Waals surface area contributed by atoms with E-state index in [0.29, 0.717) is 6.42 Å². The van der Waals surface area contributed by atoms with Crippen molar-refractivity contribution in [2.24, 2.45) is 0 Å². The predicted octanol–water partition coefficient (Wildman–Crippen LogP) is 7.42. The molecule has 0 aliphatic carbocycles. The van der Waals surface area contributed by atoms with Crippen LogP contribution in [-0.2, 0) is 10.2 Å². The highest BCUT2D eigenvalue weighted by atomic mass is 16.5. The first-order chi connectivity index (χ1) is 16.9. The highest BCUT2D eigenvalue weighted by molar-refractivity contribution is 5.30. The second-order valence-corrected chi connectivity index (χ2v) is 10.9. The van der Waals surface area contributed by atoms with E-state index >= 15 is 0 Å². The van der Waals surface area contributed by atoms with Crippen LogP contribution in [0.5, 0.6) is 0 Å². The molecule has 3 nitrogen and oxygen atoms in total. The number of aliphatic hydroxyl groups excluding tert-OH is 1. The van der Waals surface area contributed by atoms with Crippen LogP contribution in [0.25, 0.3) is 0 Å². The number of piperidine rings is 1. The lowest BCUT2D eigenvalue weighted by Crippen LogP contribution is -2.42. The lowest BCUT2D eigenvalue weighted by atomic mass is 9.86. The van der Waals surface area contributed by atoms with Crippen molar-refractivity contribution in [3.8, 4) is 0 Å². The molecule has 1 aliphatic rings. The molecule has 35 heavy (non-hydrogen) atoms. The first-order valence-electron chi connectivity index (χ1n) is 13.2. The average Bonchev–Trinajstić information content (AvgIpc) is 2.90. The van der Waals surface area contributed by atoms with Gasteiger partial charge in [-0.25, -0.2) is 0 Å². The summed E-state index contributed by atoms with van der Waals surface area (Å²) in [5, 5.41) is 11.1. The zero-order valence-corrected chi connectivity index (χ0v) is 21.6. The number of likely N-dealkylation sites (tertiary alicyclic amines) is 1. The number of hydrogen-bond donors (Lipinski definition) is 1. The van der Waals surface area contributed by atoms with Gasteiger partial charge < -0.3 is 9.84 Å². The Labute approximate surface area is 211 Å². The second-order valence-electron chi connectivity index (χ2n) is 10.9. The summed E-state index contributed by atoms with van der Waals surface area (Å²) in [5.74, 6) is 0. The molecule has 0 radical (unpaired) electrons. The van der Waals surface area contributed by atoms with Gasteiger partial charge in [0.05, 0.1) is 6.10 Å². The third-order valence-corrected chi connectivity index (χ3v) is 7.14. The molecule has 2 atom stereocenters. The number of benzene rings is 3. The van der Waals surface area contributed by atoms with Crippen LogP contribution < -0.4 is 0 Å². The minimum absolute atomic E-state index is 0.0378. The standard InChI is InChI=1S/C32H41NO2/c1-32(2,3)28-19-17-25(18-20-28)29(34)21-22-30(33-23-11-6-12-24-33)35-31(26-13-7-4-8-14-26)27-15-9-5-10-16-27/h4-5,7-10,13-20,29-31,34H,6,11-12,21-24H2,1-3H3. The van der Waals surface area contributed by atoms with E-state index in [1.54, 1.807) is 0 Å². The van der Waals surface area contributed by atoms with Gasteiger partial charge in [0.15, 0.2) is 0 Å². The molecule has 4 rings (SSSR count). The monoisotopic (exact) mass is 471 g/mol. The summed E-state index contributed by atoms with van der Waals surface area (Å²) < 4.78 is 6.93. The van der Waals surface area contributed by atoms with Crippen LogP contribution in [0, 0.1) is 0 Å². The van der Waals surface area contributed by atoms with Crippen molar-refractivity contribution < 1.29 is 9.84 Å². The third kappa shape index (κ3) is 7.04. The fourth-order valence-electron chi connectivity index (χ4n) is 4.98. The zero-order valence-electron chi connectivity index (χ0n) is 21.6. The predicted molar refractivity (Wildman–Crippen MR) is 144 cm³/mol. The molecular weight excluding hydrogens is 430 g/mol. The maximum Gasteiger partial charge on any atom is 0.112 e. The van der Waals surface area contributed by atoms with E-state index in [9.17, 15) is 5.11 Å². The van der Waals surface area contributed by atoms with Gasteiger partial charge in [0.25, 0.3) is 0 Å². The molecule has 0 spiro atoms. The summed E-state index contributed by atoms with van der Waals surface area (Å²) in [6.45, 7) is 8.76. The minimum atomic E-state index is -0.494. The smallest absolute Gasteiger partial charge is 0.112 e. The molecule has 186 valence electrons. The van der Waals surface area contributed by atoms with Gasteiger partial charge in [-0.1, -0.05) is 112 Å². The van der Waals surface area contributed by atoms with E-state index in [-0.39, 0.29) is 17.7 Å². The van der Waals surface area contributed by atoms with Crippen molar-refractivity contribution in [3.05, 3.63) is 107 Å². The molecule has 1 aliphatic heterocycles. The average molecular weight is 472 g/mol. The fraction of sp³-hybridized carbons (Fsp3) is 0.438.